The van der Waals surface area contributed by atoms with Crippen LogP contribution in [-0.2, 0) is 10.3 Å². The van der Waals surface area contributed by atoms with Crippen LogP contribution in [0, 0.1) is 0 Å². The lowest BCUT2D eigenvalue weighted by atomic mass is 9.86. The number of ether oxygens (including phenoxy) is 1. The number of likely N-dealkylation sites (tertiary alicyclic amines) is 1. The standard InChI is InChI=1S/C23H33NO2/c25-23(12-16-26-17-13-23)21-9-7-20(8-10-21)18-19-4-3-14-24(15-11-19)22-5-1-2-6-22/h7-10,18,22,25H,1-6,11-17H2/b19-18-. The van der Waals surface area contributed by atoms with E-state index in [-0.39, 0.29) is 0 Å². The molecule has 26 heavy (non-hydrogen) atoms. The van der Waals surface area contributed by atoms with E-state index >= 15 is 0 Å². The van der Waals surface area contributed by atoms with Crippen molar-refractivity contribution in [3.8, 4) is 0 Å². The van der Waals surface area contributed by atoms with Crippen LogP contribution in [0.15, 0.2) is 29.8 Å². The first-order chi connectivity index (χ1) is 12.7. The maximum Gasteiger partial charge on any atom is 0.0940 e. The molecule has 0 unspecified atom stereocenters. The molecule has 142 valence electrons. The van der Waals surface area contributed by atoms with Crippen molar-refractivity contribution in [1.29, 1.82) is 0 Å². The minimum absolute atomic E-state index is 0.653. The van der Waals surface area contributed by atoms with Crippen molar-refractivity contribution < 1.29 is 9.84 Å². The smallest absolute Gasteiger partial charge is 0.0940 e. The Bertz CT molecular complexity index is 610. The van der Waals surface area contributed by atoms with Crippen molar-refractivity contribution >= 4 is 6.08 Å². The van der Waals surface area contributed by atoms with Crippen LogP contribution >= 0.6 is 0 Å². The van der Waals surface area contributed by atoms with Crippen LogP contribution in [0.25, 0.3) is 6.08 Å². The third kappa shape index (κ3) is 4.21. The van der Waals surface area contributed by atoms with Gasteiger partial charge in [-0.25, -0.2) is 0 Å². The third-order valence-corrected chi connectivity index (χ3v) is 6.64. The van der Waals surface area contributed by atoms with Gasteiger partial charge in [0.1, 0.15) is 0 Å². The largest absolute Gasteiger partial charge is 0.385 e. The summed E-state index contributed by atoms with van der Waals surface area (Å²) >= 11 is 0. The van der Waals surface area contributed by atoms with E-state index in [0.29, 0.717) is 26.1 Å². The SMILES string of the molecule is OC1(c2ccc(/C=C3/CCCN(C4CCCC4)CC3)cc2)CCOCC1. The normalized spacial score (nSPS) is 26.9. The van der Waals surface area contributed by atoms with Gasteiger partial charge in [0, 0.05) is 38.6 Å². The molecule has 0 spiro atoms. The number of hydrogen-bond donors (Lipinski definition) is 1. The van der Waals surface area contributed by atoms with Crippen LogP contribution in [0.1, 0.15) is 68.9 Å². The summed E-state index contributed by atoms with van der Waals surface area (Å²) in [6, 6.07) is 9.43. The van der Waals surface area contributed by atoms with Crippen LogP contribution in [0.4, 0.5) is 0 Å². The lowest BCUT2D eigenvalue weighted by Gasteiger charge is -2.32. The van der Waals surface area contributed by atoms with Gasteiger partial charge in [0.2, 0.25) is 0 Å². The van der Waals surface area contributed by atoms with Crippen molar-refractivity contribution in [2.24, 2.45) is 0 Å². The molecule has 3 heteroatoms. The first-order valence-corrected chi connectivity index (χ1v) is 10.6. The molecule has 0 atom stereocenters. The second-order valence-corrected chi connectivity index (χ2v) is 8.40. The molecule has 3 nitrogen and oxygen atoms in total. The summed E-state index contributed by atoms with van der Waals surface area (Å²) in [5, 5.41) is 10.8. The summed E-state index contributed by atoms with van der Waals surface area (Å²) in [6.45, 7) is 3.81. The van der Waals surface area contributed by atoms with Crippen LogP contribution < -0.4 is 0 Å². The third-order valence-electron chi connectivity index (χ3n) is 6.64. The molecule has 0 bridgehead atoms. The number of nitrogens with zero attached hydrogens (tertiary/aromatic N) is 1. The molecule has 4 rings (SSSR count). The highest BCUT2D eigenvalue weighted by Crippen LogP contribution is 2.32. The highest BCUT2D eigenvalue weighted by atomic mass is 16.5. The summed E-state index contributed by atoms with van der Waals surface area (Å²) in [6.07, 6.45) is 13.2. The Labute approximate surface area is 158 Å². The molecular formula is C23H33NO2. The Morgan fingerprint density at radius 3 is 2.42 bits per heavy atom. The molecular weight excluding hydrogens is 322 g/mol. The summed E-state index contributed by atoms with van der Waals surface area (Å²) in [7, 11) is 0. The van der Waals surface area contributed by atoms with Gasteiger partial charge in [-0.1, -0.05) is 48.8 Å². The lowest BCUT2D eigenvalue weighted by Crippen LogP contribution is -2.33. The van der Waals surface area contributed by atoms with E-state index in [4.69, 9.17) is 4.74 Å². The van der Waals surface area contributed by atoms with Crippen LogP contribution in [0.3, 0.4) is 0 Å². The van der Waals surface area contributed by atoms with E-state index in [1.165, 1.54) is 63.6 Å². The Morgan fingerprint density at radius 1 is 0.962 bits per heavy atom. The monoisotopic (exact) mass is 355 g/mol. The predicted octanol–water partition coefficient (Wildman–Crippen LogP) is 4.50. The zero-order valence-corrected chi connectivity index (χ0v) is 16.0. The van der Waals surface area contributed by atoms with Gasteiger partial charge in [0.25, 0.3) is 0 Å². The van der Waals surface area contributed by atoms with E-state index in [9.17, 15) is 5.11 Å². The maximum atomic E-state index is 10.8. The van der Waals surface area contributed by atoms with Gasteiger partial charge >= 0.3 is 0 Å². The van der Waals surface area contributed by atoms with E-state index in [1.54, 1.807) is 5.57 Å². The van der Waals surface area contributed by atoms with Gasteiger partial charge in [-0.3, -0.25) is 0 Å². The summed E-state index contributed by atoms with van der Waals surface area (Å²) in [4.78, 5) is 2.75. The predicted molar refractivity (Wildman–Crippen MR) is 106 cm³/mol. The molecule has 0 radical (unpaired) electrons. The van der Waals surface area contributed by atoms with Gasteiger partial charge in [-0.2, -0.15) is 0 Å². The average molecular weight is 356 g/mol. The fourth-order valence-electron chi connectivity index (χ4n) is 4.94. The van der Waals surface area contributed by atoms with Gasteiger partial charge in [-0.05, 0) is 49.8 Å². The van der Waals surface area contributed by atoms with Crippen molar-refractivity contribution in [3.05, 3.63) is 41.0 Å². The maximum absolute atomic E-state index is 10.8. The molecule has 0 aromatic heterocycles. The molecule has 1 aliphatic carbocycles. The number of benzene rings is 1. The van der Waals surface area contributed by atoms with E-state index in [1.807, 2.05) is 0 Å². The minimum Gasteiger partial charge on any atom is -0.385 e. The minimum atomic E-state index is -0.700. The van der Waals surface area contributed by atoms with Crippen molar-refractivity contribution in [3.63, 3.8) is 0 Å². The van der Waals surface area contributed by atoms with E-state index in [2.05, 4.69) is 35.2 Å². The second kappa shape index (κ2) is 8.24. The number of aliphatic hydroxyl groups is 1. The Morgan fingerprint density at radius 2 is 1.69 bits per heavy atom. The Hall–Kier alpha value is -1.16. The zero-order chi connectivity index (χ0) is 17.8. The van der Waals surface area contributed by atoms with Gasteiger partial charge in [0.05, 0.1) is 5.60 Å². The van der Waals surface area contributed by atoms with E-state index < -0.39 is 5.60 Å². The second-order valence-electron chi connectivity index (χ2n) is 8.40. The van der Waals surface area contributed by atoms with E-state index in [0.717, 1.165) is 11.6 Å². The number of rotatable bonds is 3. The molecule has 1 N–H and O–H groups in total. The molecule has 3 fully saturated rings. The van der Waals surface area contributed by atoms with Gasteiger partial charge in [0.15, 0.2) is 0 Å². The molecule has 0 amide bonds. The van der Waals surface area contributed by atoms with Gasteiger partial charge < -0.3 is 14.7 Å². The average Bonchev–Trinajstić information content (AvgIpc) is 3.10. The molecule has 2 saturated heterocycles. The number of hydrogen-bond acceptors (Lipinski definition) is 3. The molecule has 3 aliphatic rings. The molecule has 1 saturated carbocycles. The fraction of sp³-hybridized carbons (Fsp3) is 0.652. The summed E-state index contributed by atoms with van der Waals surface area (Å²) in [5.74, 6) is 0. The molecule has 2 aliphatic heterocycles. The molecule has 1 aromatic carbocycles. The zero-order valence-electron chi connectivity index (χ0n) is 16.0. The van der Waals surface area contributed by atoms with Crippen LogP contribution in [-0.4, -0.2) is 42.4 Å². The van der Waals surface area contributed by atoms with Gasteiger partial charge in [-0.15, -0.1) is 0 Å². The Balaban J connectivity index is 1.39. The van der Waals surface area contributed by atoms with Crippen molar-refractivity contribution in [1.82, 2.24) is 4.90 Å². The lowest BCUT2D eigenvalue weighted by molar-refractivity contribution is -0.0679. The molecule has 1 aromatic rings. The Kier molecular flexibility index (Phi) is 5.78. The van der Waals surface area contributed by atoms with Crippen molar-refractivity contribution in [2.45, 2.75) is 69.4 Å². The topological polar surface area (TPSA) is 32.7 Å². The molecule has 2 heterocycles. The highest BCUT2D eigenvalue weighted by molar-refractivity contribution is 5.53. The summed E-state index contributed by atoms with van der Waals surface area (Å²) < 4.78 is 5.39. The quantitative estimate of drug-likeness (QED) is 0.867. The first-order valence-electron chi connectivity index (χ1n) is 10.6. The van der Waals surface area contributed by atoms with Crippen LogP contribution in [0.5, 0.6) is 0 Å². The van der Waals surface area contributed by atoms with Crippen molar-refractivity contribution in [2.75, 3.05) is 26.3 Å². The highest BCUT2D eigenvalue weighted by Gasteiger charge is 2.31. The fourth-order valence-corrected chi connectivity index (χ4v) is 4.94. The summed E-state index contributed by atoms with van der Waals surface area (Å²) in [5.41, 5.74) is 3.20. The first kappa shape index (κ1) is 18.2. The van der Waals surface area contributed by atoms with Crippen LogP contribution in [0.2, 0.25) is 0 Å².